The van der Waals surface area contributed by atoms with Crippen LogP contribution in [0.1, 0.15) is 46.5 Å². The molecule has 0 heterocycles. The molecule has 0 aliphatic carbocycles. The Morgan fingerprint density at radius 1 is 0.714 bits per heavy atom. The molecule has 0 nitrogen and oxygen atoms in total. The number of rotatable bonds is 7. The number of hydrogen-bond donors (Lipinski definition) is 0. The number of benzene rings is 2. The fraction of sp³-hybridized carbons (Fsp3) is 0.400. The zero-order chi connectivity index (χ0) is 15.1. The van der Waals surface area contributed by atoms with Crippen LogP contribution in [-0.4, -0.2) is 4.75 Å². The van der Waals surface area contributed by atoms with Crippen LogP contribution in [0.2, 0.25) is 0 Å². The molecule has 0 aliphatic heterocycles. The van der Waals surface area contributed by atoms with E-state index >= 15 is 0 Å². The van der Waals surface area contributed by atoms with Crippen molar-refractivity contribution in [1.29, 1.82) is 0 Å². The van der Waals surface area contributed by atoms with Gasteiger partial charge in [-0.3, -0.25) is 0 Å². The molecule has 0 saturated carbocycles. The SMILES string of the molecule is CCCC(C)(CCC)[S+](c1ccccc1)c1ccccc1. The van der Waals surface area contributed by atoms with E-state index in [1.165, 1.54) is 35.5 Å². The average molecular weight is 300 g/mol. The first-order chi connectivity index (χ1) is 10.2. The third kappa shape index (κ3) is 3.91. The molecule has 0 radical (unpaired) electrons. The molecule has 0 atom stereocenters. The normalized spacial score (nSPS) is 11.8. The number of hydrogen-bond acceptors (Lipinski definition) is 0. The van der Waals surface area contributed by atoms with E-state index in [4.69, 9.17) is 0 Å². The molecule has 0 unspecified atom stereocenters. The van der Waals surface area contributed by atoms with Crippen molar-refractivity contribution in [2.45, 2.75) is 61.0 Å². The van der Waals surface area contributed by atoms with E-state index in [0.717, 1.165) is 0 Å². The average Bonchev–Trinajstić information content (AvgIpc) is 2.50. The van der Waals surface area contributed by atoms with Crippen molar-refractivity contribution in [2.24, 2.45) is 0 Å². The molecule has 0 aromatic heterocycles. The standard InChI is InChI=1S/C20H27S/c1-4-16-20(3,17-5-2)21(18-12-8-6-9-13-18)19-14-10-7-11-15-19/h6-15H,4-5,16-17H2,1-3H3/q+1. The molecular weight excluding hydrogens is 272 g/mol. The second kappa shape index (κ2) is 7.70. The topological polar surface area (TPSA) is 0 Å². The Morgan fingerprint density at radius 2 is 1.10 bits per heavy atom. The smallest absolute Gasteiger partial charge is 0.0652 e. The summed E-state index contributed by atoms with van der Waals surface area (Å²) in [7, 11) is 0.146. The van der Waals surface area contributed by atoms with E-state index < -0.39 is 0 Å². The molecule has 0 amide bonds. The van der Waals surface area contributed by atoms with Crippen LogP contribution in [0.25, 0.3) is 0 Å². The van der Waals surface area contributed by atoms with E-state index in [0.29, 0.717) is 4.75 Å². The molecule has 0 saturated heterocycles. The van der Waals surface area contributed by atoms with Gasteiger partial charge in [-0.25, -0.2) is 0 Å². The third-order valence-electron chi connectivity index (χ3n) is 4.01. The van der Waals surface area contributed by atoms with E-state index in [1.54, 1.807) is 0 Å². The summed E-state index contributed by atoms with van der Waals surface area (Å²) >= 11 is 0. The molecule has 0 fully saturated rings. The highest BCUT2D eigenvalue weighted by atomic mass is 32.2. The lowest BCUT2D eigenvalue weighted by atomic mass is 10.00. The van der Waals surface area contributed by atoms with Gasteiger partial charge in [-0.2, -0.15) is 0 Å². The first-order valence-corrected chi connectivity index (χ1v) is 9.28. The highest BCUT2D eigenvalue weighted by Gasteiger charge is 2.44. The van der Waals surface area contributed by atoms with Gasteiger partial charge in [-0.15, -0.1) is 0 Å². The van der Waals surface area contributed by atoms with Gasteiger partial charge in [-0.1, -0.05) is 63.1 Å². The molecule has 2 aromatic carbocycles. The second-order valence-corrected chi connectivity index (χ2v) is 8.42. The summed E-state index contributed by atoms with van der Waals surface area (Å²) in [6.45, 7) is 7.11. The fourth-order valence-corrected chi connectivity index (χ4v) is 6.29. The fourth-order valence-electron chi connectivity index (χ4n) is 3.21. The Hall–Kier alpha value is -1.21. The predicted molar refractivity (Wildman–Crippen MR) is 95.0 cm³/mol. The van der Waals surface area contributed by atoms with E-state index in [-0.39, 0.29) is 10.9 Å². The summed E-state index contributed by atoms with van der Waals surface area (Å²) in [4.78, 5) is 2.96. The van der Waals surface area contributed by atoms with Gasteiger partial charge in [0, 0.05) is 0 Å². The predicted octanol–water partition coefficient (Wildman–Crippen LogP) is 6.08. The molecule has 0 bridgehead atoms. The highest BCUT2D eigenvalue weighted by Crippen LogP contribution is 2.40. The minimum atomic E-state index is 0.146. The van der Waals surface area contributed by atoms with Crippen LogP contribution < -0.4 is 0 Å². The lowest BCUT2D eigenvalue weighted by molar-refractivity contribution is 0.521. The zero-order valence-electron chi connectivity index (χ0n) is 13.5. The van der Waals surface area contributed by atoms with Crippen LogP contribution in [-0.2, 0) is 10.9 Å². The Balaban J connectivity index is 2.49. The zero-order valence-corrected chi connectivity index (χ0v) is 14.3. The van der Waals surface area contributed by atoms with Crippen molar-refractivity contribution in [3.8, 4) is 0 Å². The quantitative estimate of drug-likeness (QED) is 0.543. The van der Waals surface area contributed by atoms with Crippen LogP contribution in [0, 0.1) is 0 Å². The lowest BCUT2D eigenvalue weighted by Crippen LogP contribution is -2.35. The Morgan fingerprint density at radius 3 is 1.43 bits per heavy atom. The summed E-state index contributed by atoms with van der Waals surface area (Å²) in [6.07, 6.45) is 5.07. The molecule has 1 heteroatoms. The molecule has 112 valence electrons. The maximum atomic E-state index is 2.49. The van der Waals surface area contributed by atoms with E-state index in [9.17, 15) is 0 Å². The summed E-state index contributed by atoms with van der Waals surface area (Å²) in [5.41, 5.74) is 0. The van der Waals surface area contributed by atoms with Crippen molar-refractivity contribution in [3.63, 3.8) is 0 Å². The monoisotopic (exact) mass is 299 g/mol. The minimum absolute atomic E-state index is 0.146. The largest absolute Gasteiger partial charge is 0.161 e. The van der Waals surface area contributed by atoms with Gasteiger partial charge in [0.2, 0.25) is 0 Å². The summed E-state index contributed by atoms with van der Waals surface area (Å²) < 4.78 is 0.353. The van der Waals surface area contributed by atoms with Crippen LogP contribution in [0.5, 0.6) is 0 Å². The molecule has 0 spiro atoms. The highest BCUT2D eigenvalue weighted by molar-refractivity contribution is 7.98. The second-order valence-electron chi connectivity index (χ2n) is 5.88. The molecule has 0 N–H and O–H groups in total. The third-order valence-corrected chi connectivity index (χ3v) is 6.89. The van der Waals surface area contributed by atoms with Gasteiger partial charge in [0.25, 0.3) is 0 Å². The van der Waals surface area contributed by atoms with Crippen molar-refractivity contribution < 1.29 is 0 Å². The van der Waals surface area contributed by atoms with Gasteiger partial charge < -0.3 is 0 Å². The summed E-state index contributed by atoms with van der Waals surface area (Å²) in [5, 5.41) is 0. The van der Waals surface area contributed by atoms with Crippen molar-refractivity contribution in [3.05, 3.63) is 60.7 Å². The first kappa shape index (κ1) is 16.2. The van der Waals surface area contributed by atoms with Crippen molar-refractivity contribution in [1.82, 2.24) is 0 Å². The summed E-state index contributed by atoms with van der Waals surface area (Å²) in [6, 6.07) is 22.2. The summed E-state index contributed by atoms with van der Waals surface area (Å²) in [5.74, 6) is 0. The van der Waals surface area contributed by atoms with Gasteiger partial charge in [0.05, 0.1) is 10.9 Å². The Bertz CT molecular complexity index is 473. The van der Waals surface area contributed by atoms with Crippen LogP contribution >= 0.6 is 0 Å². The minimum Gasteiger partial charge on any atom is -0.0652 e. The molecule has 2 rings (SSSR count). The van der Waals surface area contributed by atoms with Crippen LogP contribution in [0.3, 0.4) is 0 Å². The molecular formula is C20H27S+. The Kier molecular flexibility index (Phi) is 5.93. The van der Waals surface area contributed by atoms with E-state index in [1.807, 2.05) is 0 Å². The van der Waals surface area contributed by atoms with Gasteiger partial charge in [0.1, 0.15) is 4.75 Å². The maximum Gasteiger partial charge on any atom is 0.161 e. The van der Waals surface area contributed by atoms with Crippen molar-refractivity contribution in [2.75, 3.05) is 0 Å². The lowest BCUT2D eigenvalue weighted by Gasteiger charge is -2.29. The van der Waals surface area contributed by atoms with Gasteiger partial charge >= 0.3 is 0 Å². The first-order valence-electron chi connectivity index (χ1n) is 8.06. The van der Waals surface area contributed by atoms with Gasteiger partial charge in [0.15, 0.2) is 9.79 Å². The molecule has 0 aliphatic rings. The van der Waals surface area contributed by atoms with Gasteiger partial charge in [-0.05, 0) is 44.0 Å². The Labute approximate surface area is 132 Å². The maximum absolute atomic E-state index is 2.49. The van der Waals surface area contributed by atoms with Crippen molar-refractivity contribution >= 4 is 10.9 Å². The molecule has 2 aromatic rings. The van der Waals surface area contributed by atoms with E-state index in [2.05, 4.69) is 81.4 Å². The van der Waals surface area contributed by atoms with Crippen LogP contribution in [0.15, 0.2) is 70.5 Å². The van der Waals surface area contributed by atoms with Crippen LogP contribution in [0.4, 0.5) is 0 Å². The molecule has 21 heavy (non-hydrogen) atoms.